The fraction of sp³-hybridized carbons (Fsp3) is 0.444. The molecule has 0 bridgehead atoms. The topological polar surface area (TPSA) is 87.6 Å². The van der Waals surface area contributed by atoms with Crippen molar-refractivity contribution in [1.29, 1.82) is 0 Å². The van der Waals surface area contributed by atoms with Gasteiger partial charge in [0.2, 0.25) is 11.8 Å². The number of fused-ring (bicyclic) bond motifs is 2. The number of rotatable bonds is 5. The van der Waals surface area contributed by atoms with Crippen LogP contribution < -0.4 is 4.90 Å². The lowest BCUT2D eigenvalue weighted by Crippen LogP contribution is -2.30. The van der Waals surface area contributed by atoms with Crippen LogP contribution in [0.5, 0.6) is 0 Å². The largest absolute Gasteiger partial charge is 0.481 e. The molecule has 8 heteroatoms. The van der Waals surface area contributed by atoms with Gasteiger partial charge in [0.15, 0.2) is 4.34 Å². The first-order valence-electron chi connectivity index (χ1n) is 8.67. The van der Waals surface area contributed by atoms with Crippen LogP contribution in [0, 0.1) is 11.8 Å². The standard InChI is InChI=1S/C18H18N2O4S2/c21-15(22)7-8-25-18-19-13-6-5-10(9-14(13)26-18)20-16(23)11-3-1-2-4-12(11)17(20)24/h5-6,9,11-12H,1-4,7-8H2,(H,21,22)/t11-,12-/m1/s1. The average molecular weight is 390 g/mol. The van der Waals surface area contributed by atoms with Crippen molar-refractivity contribution in [2.24, 2.45) is 11.8 Å². The molecule has 2 amide bonds. The summed E-state index contributed by atoms with van der Waals surface area (Å²) >= 11 is 2.87. The maximum Gasteiger partial charge on any atom is 0.304 e. The Balaban J connectivity index is 1.58. The second-order valence-corrected chi connectivity index (χ2v) is 9.01. The van der Waals surface area contributed by atoms with Gasteiger partial charge in [0.05, 0.1) is 34.2 Å². The van der Waals surface area contributed by atoms with Gasteiger partial charge in [-0.1, -0.05) is 24.6 Å². The van der Waals surface area contributed by atoms with E-state index in [1.54, 1.807) is 6.07 Å². The fourth-order valence-corrected chi connectivity index (χ4v) is 5.83. The zero-order chi connectivity index (χ0) is 18.3. The van der Waals surface area contributed by atoms with Crippen LogP contribution in [0.2, 0.25) is 0 Å². The molecule has 1 saturated carbocycles. The van der Waals surface area contributed by atoms with Crippen LogP contribution in [0.3, 0.4) is 0 Å². The molecule has 0 unspecified atom stereocenters. The number of nitrogens with zero attached hydrogens (tertiary/aromatic N) is 2. The maximum atomic E-state index is 12.7. The van der Waals surface area contributed by atoms with Crippen LogP contribution >= 0.6 is 23.1 Å². The van der Waals surface area contributed by atoms with Crippen molar-refractivity contribution >= 4 is 56.8 Å². The predicted octanol–water partition coefficient (Wildman–Crippen LogP) is 3.54. The minimum atomic E-state index is -0.826. The minimum absolute atomic E-state index is 0.0698. The average Bonchev–Trinajstić information content (AvgIpc) is 3.13. The Morgan fingerprint density at radius 1 is 1.23 bits per heavy atom. The number of aliphatic carboxylic acids is 1. The second-order valence-electron chi connectivity index (χ2n) is 6.63. The van der Waals surface area contributed by atoms with E-state index in [0.717, 1.165) is 40.2 Å². The first-order valence-corrected chi connectivity index (χ1v) is 10.5. The first-order chi connectivity index (χ1) is 12.5. The van der Waals surface area contributed by atoms with Gasteiger partial charge >= 0.3 is 5.97 Å². The van der Waals surface area contributed by atoms with Gasteiger partial charge in [-0.25, -0.2) is 4.98 Å². The van der Waals surface area contributed by atoms with Gasteiger partial charge < -0.3 is 5.11 Å². The number of thioether (sulfide) groups is 1. The van der Waals surface area contributed by atoms with Crippen molar-refractivity contribution in [2.45, 2.75) is 36.4 Å². The molecule has 1 saturated heterocycles. The smallest absolute Gasteiger partial charge is 0.304 e. The molecule has 6 nitrogen and oxygen atoms in total. The monoisotopic (exact) mass is 390 g/mol. The first kappa shape index (κ1) is 17.5. The summed E-state index contributed by atoms with van der Waals surface area (Å²) in [5.74, 6) is -0.812. The molecule has 2 heterocycles. The fourth-order valence-electron chi connectivity index (χ4n) is 3.74. The number of carbonyl (C=O) groups excluding carboxylic acids is 2. The second kappa shape index (κ2) is 7.00. The number of carboxylic acids is 1. The third-order valence-electron chi connectivity index (χ3n) is 4.99. The Hall–Kier alpha value is -1.93. The third-order valence-corrected chi connectivity index (χ3v) is 7.16. The van der Waals surface area contributed by atoms with Crippen LogP contribution in [0.4, 0.5) is 5.69 Å². The number of hydrogen-bond acceptors (Lipinski definition) is 6. The Kier molecular flexibility index (Phi) is 4.71. The SMILES string of the molecule is O=C(O)CCSc1nc2ccc(N3C(=O)[C@@H]4CCCC[C@H]4C3=O)cc2s1. The minimum Gasteiger partial charge on any atom is -0.481 e. The highest BCUT2D eigenvalue weighted by molar-refractivity contribution is 8.01. The number of anilines is 1. The van der Waals surface area contributed by atoms with Gasteiger partial charge in [-0.3, -0.25) is 19.3 Å². The molecule has 1 aromatic carbocycles. The van der Waals surface area contributed by atoms with E-state index in [2.05, 4.69) is 4.98 Å². The van der Waals surface area contributed by atoms with Crippen molar-refractivity contribution in [3.8, 4) is 0 Å². The Morgan fingerprint density at radius 2 is 1.92 bits per heavy atom. The van der Waals surface area contributed by atoms with E-state index in [1.807, 2.05) is 12.1 Å². The van der Waals surface area contributed by atoms with Crippen LogP contribution in [-0.4, -0.2) is 33.6 Å². The summed E-state index contributed by atoms with van der Waals surface area (Å²) in [6.45, 7) is 0. The Morgan fingerprint density at radius 3 is 2.58 bits per heavy atom. The van der Waals surface area contributed by atoms with Crippen molar-refractivity contribution in [3.63, 3.8) is 0 Å². The molecule has 2 fully saturated rings. The van der Waals surface area contributed by atoms with E-state index in [9.17, 15) is 14.4 Å². The summed E-state index contributed by atoms with van der Waals surface area (Å²) in [6.07, 6.45) is 3.72. The number of imide groups is 1. The molecule has 2 atom stereocenters. The number of carbonyl (C=O) groups is 3. The molecular weight excluding hydrogens is 372 g/mol. The maximum absolute atomic E-state index is 12.7. The highest BCUT2D eigenvalue weighted by Gasteiger charge is 2.48. The highest BCUT2D eigenvalue weighted by atomic mass is 32.2. The molecule has 0 spiro atoms. The molecule has 1 aliphatic heterocycles. The molecule has 2 aromatic rings. The molecule has 2 aliphatic rings. The van der Waals surface area contributed by atoms with Gasteiger partial charge in [-0.05, 0) is 31.0 Å². The van der Waals surface area contributed by atoms with Crippen LogP contribution in [0.1, 0.15) is 32.1 Å². The van der Waals surface area contributed by atoms with Gasteiger partial charge in [-0.2, -0.15) is 0 Å². The lowest BCUT2D eigenvalue weighted by atomic mass is 9.81. The van der Waals surface area contributed by atoms with E-state index in [-0.39, 0.29) is 30.1 Å². The Labute approximate surface area is 158 Å². The van der Waals surface area contributed by atoms with Crippen molar-refractivity contribution in [2.75, 3.05) is 10.7 Å². The number of benzene rings is 1. The number of hydrogen-bond donors (Lipinski definition) is 1. The summed E-state index contributed by atoms with van der Waals surface area (Å²) in [4.78, 5) is 41.9. The number of amides is 2. The van der Waals surface area contributed by atoms with Gasteiger partial charge in [0.25, 0.3) is 0 Å². The predicted molar refractivity (Wildman–Crippen MR) is 101 cm³/mol. The van der Waals surface area contributed by atoms with E-state index in [1.165, 1.54) is 28.0 Å². The summed E-state index contributed by atoms with van der Waals surface area (Å²) < 4.78 is 1.70. The zero-order valence-electron chi connectivity index (χ0n) is 14.0. The van der Waals surface area contributed by atoms with E-state index in [0.29, 0.717) is 11.4 Å². The number of carboxylic acid groups (broad SMARTS) is 1. The molecule has 0 radical (unpaired) electrons. The molecule has 1 aromatic heterocycles. The van der Waals surface area contributed by atoms with Gasteiger partial charge in [0, 0.05) is 5.75 Å². The number of aromatic nitrogens is 1. The van der Waals surface area contributed by atoms with Crippen molar-refractivity contribution in [3.05, 3.63) is 18.2 Å². The van der Waals surface area contributed by atoms with Crippen LogP contribution in [0.15, 0.2) is 22.5 Å². The normalized spacial score (nSPS) is 22.8. The van der Waals surface area contributed by atoms with Gasteiger partial charge in [-0.15, -0.1) is 11.3 Å². The van der Waals surface area contributed by atoms with Crippen LogP contribution in [0.25, 0.3) is 10.2 Å². The highest BCUT2D eigenvalue weighted by Crippen LogP contribution is 2.41. The summed E-state index contributed by atoms with van der Waals surface area (Å²) in [5.41, 5.74) is 1.42. The lowest BCUT2D eigenvalue weighted by Gasteiger charge is -2.19. The molecule has 26 heavy (non-hydrogen) atoms. The molecular formula is C18H18N2O4S2. The van der Waals surface area contributed by atoms with E-state index in [4.69, 9.17) is 5.11 Å². The molecule has 4 rings (SSSR count). The number of thiazole rings is 1. The van der Waals surface area contributed by atoms with Crippen molar-refractivity contribution < 1.29 is 19.5 Å². The van der Waals surface area contributed by atoms with Gasteiger partial charge in [0.1, 0.15) is 0 Å². The molecule has 1 N–H and O–H groups in total. The zero-order valence-corrected chi connectivity index (χ0v) is 15.6. The third kappa shape index (κ3) is 3.12. The van der Waals surface area contributed by atoms with Crippen LogP contribution in [-0.2, 0) is 14.4 Å². The van der Waals surface area contributed by atoms with E-state index < -0.39 is 5.97 Å². The molecule has 136 valence electrons. The summed E-state index contributed by atoms with van der Waals surface area (Å²) in [7, 11) is 0. The van der Waals surface area contributed by atoms with Crippen molar-refractivity contribution in [1.82, 2.24) is 4.98 Å². The lowest BCUT2D eigenvalue weighted by molar-refractivity contribution is -0.136. The van der Waals surface area contributed by atoms with E-state index >= 15 is 0 Å². The quantitative estimate of drug-likeness (QED) is 0.621. The Bertz CT molecular complexity index is 870. The molecule has 1 aliphatic carbocycles. The summed E-state index contributed by atoms with van der Waals surface area (Å²) in [5, 5.41) is 8.73. The summed E-state index contributed by atoms with van der Waals surface area (Å²) in [6, 6.07) is 5.45.